The molecule has 3 rings (SSSR count). The summed E-state index contributed by atoms with van der Waals surface area (Å²) in [5.41, 5.74) is 2.25. The van der Waals surface area contributed by atoms with Crippen molar-refractivity contribution in [3.63, 3.8) is 0 Å². The Labute approximate surface area is 128 Å². The van der Waals surface area contributed by atoms with E-state index < -0.39 is 0 Å². The number of nitrogens with zero attached hydrogens (tertiary/aromatic N) is 3. The van der Waals surface area contributed by atoms with Crippen LogP contribution in [0.25, 0.3) is 11.0 Å². The molecule has 0 bridgehead atoms. The van der Waals surface area contributed by atoms with Gasteiger partial charge in [0.25, 0.3) is 5.91 Å². The number of carbonyl (C=O) groups excluding carboxylic acids is 1. The van der Waals surface area contributed by atoms with Crippen LogP contribution >= 0.6 is 11.8 Å². The molecule has 0 spiro atoms. The summed E-state index contributed by atoms with van der Waals surface area (Å²) in [5.74, 6) is 1.22. The van der Waals surface area contributed by atoms with Crippen LogP contribution in [0, 0.1) is 0 Å². The van der Waals surface area contributed by atoms with Gasteiger partial charge in [-0.15, -0.1) is 0 Å². The van der Waals surface area contributed by atoms with Gasteiger partial charge in [0.15, 0.2) is 0 Å². The minimum atomic E-state index is 0.114. The quantitative estimate of drug-likeness (QED) is 0.947. The lowest BCUT2D eigenvalue weighted by atomic mass is 10.1. The Morgan fingerprint density at radius 2 is 2.24 bits per heavy atom. The Morgan fingerprint density at radius 3 is 3.10 bits per heavy atom. The number of thioether (sulfide) groups is 1. The van der Waals surface area contributed by atoms with E-state index in [1.807, 2.05) is 34.9 Å². The average Bonchev–Trinajstić information content (AvgIpc) is 2.84. The predicted molar refractivity (Wildman–Crippen MR) is 85.6 cm³/mol. The smallest absolute Gasteiger partial charge is 0.253 e. The van der Waals surface area contributed by atoms with Crippen molar-refractivity contribution in [3.8, 4) is 0 Å². The summed E-state index contributed by atoms with van der Waals surface area (Å²) < 4.78 is 0. The van der Waals surface area contributed by atoms with Gasteiger partial charge in [0.1, 0.15) is 11.0 Å². The molecule has 112 valence electrons. The van der Waals surface area contributed by atoms with Gasteiger partial charge in [-0.1, -0.05) is 13.3 Å². The Kier molecular flexibility index (Phi) is 4.43. The van der Waals surface area contributed by atoms with Crippen LogP contribution in [-0.4, -0.2) is 50.3 Å². The molecular formula is C15H20N4OS. The number of aromatic nitrogens is 3. The van der Waals surface area contributed by atoms with E-state index in [1.54, 1.807) is 0 Å². The van der Waals surface area contributed by atoms with Crippen LogP contribution in [0.1, 0.15) is 36.5 Å². The van der Waals surface area contributed by atoms with Crippen LogP contribution in [0.2, 0.25) is 0 Å². The number of likely N-dealkylation sites (tertiary alicyclic amines) is 1. The molecule has 1 saturated heterocycles. The van der Waals surface area contributed by atoms with E-state index in [0.717, 1.165) is 36.3 Å². The standard InChI is InChI=1S/C15H20N4OS/c1-2-21-12-5-3-4-8-19(10-12)15(20)11-6-7-13-14(9-11)17-18-16-13/h6-7,9,12H,2-5,8,10H2,1H3,(H,16,17,18). The van der Waals surface area contributed by atoms with Gasteiger partial charge < -0.3 is 4.90 Å². The van der Waals surface area contributed by atoms with Gasteiger partial charge in [0.2, 0.25) is 0 Å². The molecule has 1 aromatic heterocycles. The van der Waals surface area contributed by atoms with Crippen LogP contribution in [0.15, 0.2) is 18.2 Å². The van der Waals surface area contributed by atoms with E-state index >= 15 is 0 Å². The molecule has 1 unspecified atom stereocenters. The first kappa shape index (κ1) is 14.4. The number of aromatic amines is 1. The number of hydrogen-bond donors (Lipinski definition) is 1. The van der Waals surface area contributed by atoms with Crippen LogP contribution in [0.3, 0.4) is 0 Å². The van der Waals surface area contributed by atoms with E-state index in [4.69, 9.17) is 0 Å². The summed E-state index contributed by atoms with van der Waals surface area (Å²) in [6.07, 6.45) is 3.52. The third-order valence-electron chi connectivity index (χ3n) is 3.88. The van der Waals surface area contributed by atoms with Crippen LogP contribution in [0.4, 0.5) is 0 Å². The molecule has 1 aliphatic rings. The van der Waals surface area contributed by atoms with E-state index in [1.165, 1.54) is 12.8 Å². The van der Waals surface area contributed by atoms with Crippen molar-refractivity contribution in [2.45, 2.75) is 31.4 Å². The van der Waals surface area contributed by atoms with Gasteiger partial charge in [-0.3, -0.25) is 4.79 Å². The zero-order valence-corrected chi connectivity index (χ0v) is 13.0. The summed E-state index contributed by atoms with van der Waals surface area (Å²) >= 11 is 1.96. The van der Waals surface area contributed by atoms with Gasteiger partial charge >= 0.3 is 0 Å². The van der Waals surface area contributed by atoms with Crippen molar-refractivity contribution in [3.05, 3.63) is 23.8 Å². The highest BCUT2D eigenvalue weighted by molar-refractivity contribution is 7.99. The van der Waals surface area contributed by atoms with Gasteiger partial charge in [-0.2, -0.15) is 27.2 Å². The summed E-state index contributed by atoms with van der Waals surface area (Å²) in [7, 11) is 0. The van der Waals surface area contributed by atoms with Gasteiger partial charge in [-0.25, -0.2) is 0 Å². The number of fused-ring (bicyclic) bond motifs is 1. The molecule has 0 aliphatic carbocycles. The molecule has 1 fully saturated rings. The number of amides is 1. The Bertz CT molecular complexity index is 627. The lowest BCUT2D eigenvalue weighted by Gasteiger charge is -2.24. The van der Waals surface area contributed by atoms with E-state index in [0.29, 0.717) is 10.8 Å². The van der Waals surface area contributed by atoms with Crippen molar-refractivity contribution in [2.75, 3.05) is 18.8 Å². The monoisotopic (exact) mass is 304 g/mol. The molecule has 1 aromatic carbocycles. The van der Waals surface area contributed by atoms with Crippen molar-refractivity contribution in [1.29, 1.82) is 0 Å². The first-order valence-electron chi connectivity index (χ1n) is 7.49. The molecule has 1 atom stereocenters. The topological polar surface area (TPSA) is 61.9 Å². The molecular weight excluding hydrogens is 284 g/mol. The van der Waals surface area contributed by atoms with Gasteiger partial charge in [0.05, 0.1) is 0 Å². The first-order valence-corrected chi connectivity index (χ1v) is 8.54. The number of nitrogens with one attached hydrogen (secondary N) is 1. The van der Waals surface area contributed by atoms with E-state index in [-0.39, 0.29) is 5.91 Å². The highest BCUT2D eigenvalue weighted by Gasteiger charge is 2.23. The number of benzene rings is 1. The largest absolute Gasteiger partial charge is 0.338 e. The molecule has 6 heteroatoms. The predicted octanol–water partition coefficient (Wildman–Crippen LogP) is 2.71. The Balaban J connectivity index is 1.78. The second-order valence-electron chi connectivity index (χ2n) is 5.35. The minimum Gasteiger partial charge on any atom is -0.338 e. The van der Waals surface area contributed by atoms with Crippen LogP contribution < -0.4 is 0 Å². The zero-order chi connectivity index (χ0) is 14.7. The molecule has 5 nitrogen and oxygen atoms in total. The maximum Gasteiger partial charge on any atom is 0.253 e. The van der Waals surface area contributed by atoms with Gasteiger partial charge in [-0.05, 0) is 36.8 Å². The van der Waals surface area contributed by atoms with Crippen molar-refractivity contribution in [1.82, 2.24) is 20.3 Å². The first-order chi connectivity index (χ1) is 10.3. The van der Waals surface area contributed by atoms with Crippen molar-refractivity contribution < 1.29 is 4.79 Å². The fourth-order valence-corrected chi connectivity index (χ4v) is 3.91. The lowest BCUT2D eigenvalue weighted by Crippen LogP contribution is -2.35. The summed E-state index contributed by atoms with van der Waals surface area (Å²) in [6.45, 7) is 3.89. The van der Waals surface area contributed by atoms with Gasteiger partial charge in [0, 0.05) is 23.9 Å². The number of carbonyl (C=O) groups is 1. The summed E-state index contributed by atoms with van der Waals surface area (Å²) in [6, 6.07) is 5.52. The normalized spacial score (nSPS) is 19.7. The maximum atomic E-state index is 12.7. The van der Waals surface area contributed by atoms with Crippen molar-refractivity contribution in [2.24, 2.45) is 0 Å². The second-order valence-corrected chi connectivity index (χ2v) is 6.93. The summed E-state index contributed by atoms with van der Waals surface area (Å²) in [4.78, 5) is 14.7. The molecule has 1 aliphatic heterocycles. The summed E-state index contributed by atoms with van der Waals surface area (Å²) in [5, 5.41) is 11.2. The third-order valence-corrected chi connectivity index (χ3v) is 5.07. The number of hydrogen-bond acceptors (Lipinski definition) is 4. The minimum absolute atomic E-state index is 0.114. The molecule has 0 radical (unpaired) electrons. The average molecular weight is 304 g/mol. The Hall–Kier alpha value is -1.56. The van der Waals surface area contributed by atoms with Crippen LogP contribution in [0.5, 0.6) is 0 Å². The molecule has 1 N–H and O–H groups in total. The third kappa shape index (κ3) is 3.20. The number of H-pyrrole nitrogens is 1. The zero-order valence-electron chi connectivity index (χ0n) is 12.2. The highest BCUT2D eigenvalue weighted by atomic mass is 32.2. The van der Waals surface area contributed by atoms with E-state index in [9.17, 15) is 4.79 Å². The second kappa shape index (κ2) is 6.47. The highest BCUT2D eigenvalue weighted by Crippen LogP contribution is 2.23. The molecule has 2 aromatic rings. The molecule has 21 heavy (non-hydrogen) atoms. The number of rotatable bonds is 3. The lowest BCUT2D eigenvalue weighted by molar-refractivity contribution is 0.0763. The fourth-order valence-electron chi connectivity index (χ4n) is 2.82. The fraction of sp³-hybridized carbons (Fsp3) is 0.533. The van der Waals surface area contributed by atoms with E-state index in [2.05, 4.69) is 22.3 Å². The molecule has 2 heterocycles. The molecule has 0 saturated carbocycles. The van der Waals surface area contributed by atoms with Crippen molar-refractivity contribution >= 4 is 28.7 Å². The molecule has 1 amide bonds. The van der Waals surface area contributed by atoms with Crippen LogP contribution in [-0.2, 0) is 0 Å². The SMILES string of the molecule is CCSC1CCCCN(C(=O)c2ccc3n[nH]nc3c2)C1. The maximum absolute atomic E-state index is 12.7. The Morgan fingerprint density at radius 1 is 1.38 bits per heavy atom.